The van der Waals surface area contributed by atoms with Gasteiger partial charge in [-0.3, -0.25) is 0 Å². The first kappa shape index (κ1) is 21.1. The lowest BCUT2D eigenvalue weighted by Gasteiger charge is -2.11. The molecule has 0 aliphatic rings. The fourth-order valence-corrected chi connectivity index (χ4v) is 3.44. The van der Waals surface area contributed by atoms with Crippen LogP contribution in [0.4, 0.5) is 13.2 Å². The molecule has 1 heterocycles. The van der Waals surface area contributed by atoms with Crippen LogP contribution in [-0.2, 0) is 17.5 Å². The summed E-state index contributed by atoms with van der Waals surface area (Å²) in [7, 11) is 0. The number of alkyl halides is 3. The number of carbonyl (C=O) groups excluding carboxylic acids is 1. The molecule has 0 N–H and O–H groups in total. The van der Waals surface area contributed by atoms with E-state index in [0.717, 1.165) is 22.2 Å². The highest BCUT2D eigenvalue weighted by Gasteiger charge is 2.30. The molecule has 4 aromatic rings. The van der Waals surface area contributed by atoms with Gasteiger partial charge in [-0.05, 0) is 42.0 Å². The number of aromatic nitrogens is 1. The van der Waals surface area contributed by atoms with E-state index in [1.54, 1.807) is 24.3 Å². The van der Waals surface area contributed by atoms with Crippen molar-refractivity contribution in [2.75, 3.05) is 0 Å². The van der Waals surface area contributed by atoms with Crippen LogP contribution in [0.3, 0.4) is 0 Å². The molecule has 156 valence electrons. The number of pyridine rings is 1. The quantitative estimate of drug-likeness (QED) is 0.291. The molecule has 0 bridgehead atoms. The van der Waals surface area contributed by atoms with Crippen LogP contribution in [0.1, 0.15) is 21.5 Å². The number of para-hydroxylation sites is 1. The summed E-state index contributed by atoms with van der Waals surface area (Å²) in [6.07, 6.45) is -4.46. The second-order valence-electron chi connectivity index (χ2n) is 6.85. The van der Waals surface area contributed by atoms with Gasteiger partial charge in [-0.2, -0.15) is 13.2 Å². The van der Waals surface area contributed by atoms with Crippen LogP contribution >= 0.6 is 15.9 Å². The maximum Gasteiger partial charge on any atom is 0.416 e. The second-order valence-corrected chi connectivity index (χ2v) is 7.77. The van der Waals surface area contributed by atoms with Crippen molar-refractivity contribution in [3.8, 4) is 11.3 Å². The molecule has 31 heavy (non-hydrogen) atoms. The molecule has 0 amide bonds. The van der Waals surface area contributed by atoms with Crippen molar-refractivity contribution < 1.29 is 22.7 Å². The van der Waals surface area contributed by atoms with Crippen LogP contribution in [0.2, 0.25) is 0 Å². The van der Waals surface area contributed by atoms with Crippen LogP contribution in [0.25, 0.3) is 22.2 Å². The van der Waals surface area contributed by atoms with Gasteiger partial charge in [0.05, 0.1) is 22.3 Å². The van der Waals surface area contributed by atoms with Crippen LogP contribution in [-0.4, -0.2) is 11.0 Å². The van der Waals surface area contributed by atoms with Gasteiger partial charge in [0.25, 0.3) is 0 Å². The first-order valence-electron chi connectivity index (χ1n) is 9.30. The Morgan fingerprint density at radius 3 is 2.42 bits per heavy atom. The third-order valence-corrected chi connectivity index (χ3v) is 5.23. The molecular weight excluding hydrogens is 471 g/mol. The Kier molecular flexibility index (Phi) is 5.78. The summed E-state index contributed by atoms with van der Waals surface area (Å²) in [5, 5.41) is 0.609. The van der Waals surface area contributed by atoms with Crippen molar-refractivity contribution in [1.82, 2.24) is 4.98 Å². The second kappa shape index (κ2) is 8.51. The number of carbonyl (C=O) groups is 1. The van der Waals surface area contributed by atoms with Gasteiger partial charge in [-0.25, -0.2) is 9.78 Å². The Balaban J connectivity index is 1.65. The standard InChI is InChI=1S/C24H15BrF3NO2/c25-18-10-8-16(9-11-18)22-13-20(19-6-1-2-7-21(19)29-22)23(30)31-14-15-4-3-5-17(12-15)24(26,27)28/h1-13H,14H2. The largest absolute Gasteiger partial charge is 0.457 e. The van der Waals surface area contributed by atoms with Crippen LogP contribution in [0.15, 0.2) is 83.3 Å². The number of rotatable bonds is 4. The Morgan fingerprint density at radius 1 is 0.935 bits per heavy atom. The topological polar surface area (TPSA) is 39.2 Å². The van der Waals surface area contributed by atoms with Crippen LogP contribution in [0.5, 0.6) is 0 Å². The Labute approximate surface area is 184 Å². The monoisotopic (exact) mass is 485 g/mol. The fraction of sp³-hybridized carbons (Fsp3) is 0.0833. The number of fused-ring (bicyclic) bond motifs is 1. The van der Waals surface area contributed by atoms with E-state index in [-0.39, 0.29) is 12.2 Å². The zero-order valence-electron chi connectivity index (χ0n) is 16.0. The highest BCUT2D eigenvalue weighted by Crippen LogP contribution is 2.30. The van der Waals surface area contributed by atoms with Crippen molar-refractivity contribution in [3.63, 3.8) is 0 Å². The van der Waals surface area contributed by atoms with E-state index in [9.17, 15) is 18.0 Å². The molecule has 1 aromatic heterocycles. The van der Waals surface area contributed by atoms with Gasteiger partial charge in [0.15, 0.2) is 0 Å². The van der Waals surface area contributed by atoms with Gasteiger partial charge in [0, 0.05) is 15.4 Å². The number of hydrogen-bond acceptors (Lipinski definition) is 3. The molecule has 0 saturated carbocycles. The van der Waals surface area contributed by atoms with E-state index in [1.165, 1.54) is 12.1 Å². The number of ether oxygens (including phenoxy) is 1. The number of nitrogens with zero attached hydrogens (tertiary/aromatic N) is 1. The lowest BCUT2D eigenvalue weighted by atomic mass is 10.0. The van der Waals surface area contributed by atoms with Gasteiger partial charge in [0.2, 0.25) is 0 Å². The molecule has 0 unspecified atom stereocenters. The van der Waals surface area contributed by atoms with Crippen molar-refractivity contribution in [2.24, 2.45) is 0 Å². The Hall–Kier alpha value is -3.19. The number of hydrogen-bond donors (Lipinski definition) is 0. The molecule has 3 nitrogen and oxygen atoms in total. The highest BCUT2D eigenvalue weighted by molar-refractivity contribution is 9.10. The van der Waals surface area contributed by atoms with Gasteiger partial charge < -0.3 is 4.74 Å². The van der Waals surface area contributed by atoms with E-state index < -0.39 is 17.7 Å². The number of halogens is 4. The van der Waals surface area contributed by atoms with E-state index in [4.69, 9.17) is 4.74 Å². The molecule has 0 aliphatic heterocycles. The first-order valence-corrected chi connectivity index (χ1v) is 10.1. The van der Waals surface area contributed by atoms with Gasteiger partial charge >= 0.3 is 12.1 Å². The third kappa shape index (κ3) is 4.77. The maximum atomic E-state index is 12.9. The minimum absolute atomic E-state index is 0.259. The summed E-state index contributed by atoms with van der Waals surface area (Å²) < 4.78 is 45.0. The minimum atomic E-state index is -4.46. The molecular formula is C24H15BrF3NO2. The predicted molar refractivity (Wildman–Crippen MR) is 115 cm³/mol. The lowest BCUT2D eigenvalue weighted by molar-refractivity contribution is -0.137. The summed E-state index contributed by atoms with van der Waals surface area (Å²) in [5.41, 5.74) is 1.81. The van der Waals surface area contributed by atoms with E-state index in [2.05, 4.69) is 20.9 Å². The molecule has 3 aromatic carbocycles. The van der Waals surface area contributed by atoms with E-state index in [0.29, 0.717) is 22.2 Å². The summed E-state index contributed by atoms with van der Waals surface area (Å²) >= 11 is 3.39. The van der Waals surface area contributed by atoms with Crippen molar-refractivity contribution in [3.05, 3.63) is 100 Å². The van der Waals surface area contributed by atoms with Crippen LogP contribution < -0.4 is 0 Å². The first-order chi connectivity index (χ1) is 14.8. The van der Waals surface area contributed by atoms with Gasteiger partial charge in [0.1, 0.15) is 6.61 Å². The summed E-state index contributed by atoms with van der Waals surface area (Å²) in [6.45, 7) is -0.271. The molecule has 7 heteroatoms. The minimum Gasteiger partial charge on any atom is -0.457 e. The molecule has 4 rings (SSSR count). The van der Waals surface area contributed by atoms with Gasteiger partial charge in [-0.1, -0.05) is 58.4 Å². The normalized spacial score (nSPS) is 11.5. The SMILES string of the molecule is O=C(OCc1cccc(C(F)(F)F)c1)c1cc(-c2ccc(Br)cc2)nc2ccccc12. The van der Waals surface area contributed by atoms with E-state index >= 15 is 0 Å². The lowest BCUT2D eigenvalue weighted by Crippen LogP contribution is -2.09. The summed E-state index contributed by atoms with van der Waals surface area (Å²) in [6, 6.07) is 21.0. The number of benzene rings is 3. The average molecular weight is 486 g/mol. The Morgan fingerprint density at radius 2 is 1.68 bits per heavy atom. The van der Waals surface area contributed by atoms with Crippen molar-refractivity contribution in [2.45, 2.75) is 12.8 Å². The zero-order chi connectivity index (χ0) is 22.0. The van der Waals surface area contributed by atoms with Crippen molar-refractivity contribution in [1.29, 1.82) is 0 Å². The highest BCUT2D eigenvalue weighted by atomic mass is 79.9. The number of esters is 1. The van der Waals surface area contributed by atoms with Crippen molar-refractivity contribution >= 4 is 32.8 Å². The molecule has 0 atom stereocenters. The smallest absolute Gasteiger partial charge is 0.416 e. The zero-order valence-corrected chi connectivity index (χ0v) is 17.6. The molecule has 0 radical (unpaired) electrons. The fourth-order valence-electron chi connectivity index (χ4n) is 3.18. The summed E-state index contributed by atoms with van der Waals surface area (Å²) in [5.74, 6) is -0.630. The summed E-state index contributed by atoms with van der Waals surface area (Å²) in [4.78, 5) is 17.5. The van der Waals surface area contributed by atoms with Gasteiger partial charge in [-0.15, -0.1) is 0 Å². The molecule has 0 fully saturated rings. The molecule has 0 aliphatic carbocycles. The molecule has 0 spiro atoms. The predicted octanol–water partition coefficient (Wildman–Crippen LogP) is 7.04. The van der Waals surface area contributed by atoms with Crippen LogP contribution in [0, 0.1) is 0 Å². The molecule has 0 saturated heterocycles. The average Bonchev–Trinajstić information content (AvgIpc) is 2.77. The van der Waals surface area contributed by atoms with E-state index in [1.807, 2.05) is 30.3 Å². The maximum absolute atomic E-state index is 12.9. The Bertz CT molecular complexity index is 1250. The third-order valence-electron chi connectivity index (χ3n) is 4.70.